The van der Waals surface area contributed by atoms with E-state index in [2.05, 4.69) is 15.9 Å². The fraction of sp³-hybridized carbons (Fsp3) is 0.0714. The van der Waals surface area contributed by atoms with Crippen molar-refractivity contribution < 1.29 is 4.79 Å². The van der Waals surface area contributed by atoms with Crippen LogP contribution in [0.2, 0.25) is 5.02 Å². The summed E-state index contributed by atoms with van der Waals surface area (Å²) in [6, 6.07) is 13.4. The topological polar surface area (TPSA) is 17.1 Å². The van der Waals surface area contributed by atoms with E-state index >= 15 is 0 Å². The third-order valence-electron chi connectivity index (χ3n) is 2.44. The predicted molar refractivity (Wildman–Crippen MR) is 80.5 cm³/mol. The first kappa shape index (κ1) is 13.7. The van der Waals surface area contributed by atoms with Crippen molar-refractivity contribution in [1.82, 2.24) is 0 Å². The second-order valence-electron chi connectivity index (χ2n) is 3.68. The molecular formula is C14H10BrClOS. The van der Waals surface area contributed by atoms with Gasteiger partial charge < -0.3 is 0 Å². The van der Waals surface area contributed by atoms with Gasteiger partial charge in [0.25, 0.3) is 0 Å². The molecule has 0 spiro atoms. The quantitative estimate of drug-likeness (QED) is 0.561. The van der Waals surface area contributed by atoms with Crippen LogP contribution in [0.15, 0.2) is 51.8 Å². The number of thioether (sulfide) groups is 1. The number of halogens is 2. The Morgan fingerprint density at radius 2 is 2.00 bits per heavy atom. The standard InChI is InChI=1S/C14H10BrClOS/c15-12-5-6-14(11(7-12)8-17)18-9-10-3-1-2-4-13(10)16/h1-8H,9H2. The average Bonchev–Trinajstić information content (AvgIpc) is 2.39. The number of aldehydes is 1. The fourth-order valence-corrected chi connectivity index (χ4v) is 3.18. The van der Waals surface area contributed by atoms with Gasteiger partial charge in [0, 0.05) is 25.7 Å². The van der Waals surface area contributed by atoms with Gasteiger partial charge in [0.2, 0.25) is 0 Å². The van der Waals surface area contributed by atoms with Crippen LogP contribution in [0, 0.1) is 0 Å². The molecule has 0 heterocycles. The largest absolute Gasteiger partial charge is 0.298 e. The van der Waals surface area contributed by atoms with Gasteiger partial charge in [-0.1, -0.05) is 45.7 Å². The van der Waals surface area contributed by atoms with Crippen molar-refractivity contribution in [3.63, 3.8) is 0 Å². The van der Waals surface area contributed by atoms with Gasteiger partial charge in [-0.2, -0.15) is 0 Å². The third-order valence-corrected chi connectivity index (χ3v) is 4.44. The Morgan fingerprint density at radius 3 is 2.72 bits per heavy atom. The van der Waals surface area contributed by atoms with E-state index in [0.29, 0.717) is 5.56 Å². The van der Waals surface area contributed by atoms with Crippen LogP contribution in [0.25, 0.3) is 0 Å². The van der Waals surface area contributed by atoms with Gasteiger partial charge in [0.1, 0.15) is 0 Å². The Hall–Kier alpha value is -0.770. The summed E-state index contributed by atoms with van der Waals surface area (Å²) >= 11 is 11.1. The van der Waals surface area contributed by atoms with E-state index < -0.39 is 0 Å². The molecule has 0 saturated carbocycles. The Labute approximate surface area is 124 Å². The average molecular weight is 342 g/mol. The van der Waals surface area contributed by atoms with Crippen LogP contribution in [0.4, 0.5) is 0 Å². The lowest BCUT2D eigenvalue weighted by Crippen LogP contribution is -1.87. The maximum absolute atomic E-state index is 11.0. The van der Waals surface area contributed by atoms with Crippen molar-refractivity contribution in [2.45, 2.75) is 10.6 Å². The van der Waals surface area contributed by atoms with E-state index in [9.17, 15) is 4.79 Å². The maximum Gasteiger partial charge on any atom is 0.151 e. The number of carbonyl (C=O) groups is 1. The summed E-state index contributed by atoms with van der Waals surface area (Å²) in [5.41, 5.74) is 1.77. The second kappa shape index (κ2) is 6.41. The van der Waals surface area contributed by atoms with Crippen LogP contribution in [0.1, 0.15) is 15.9 Å². The highest BCUT2D eigenvalue weighted by atomic mass is 79.9. The molecule has 2 rings (SSSR count). The highest BCUT2D eigenvalue weighted by Crippen LogP contribution is 2.29. The van der Waals surface area contributed by atoms with Gasteiger partial charge in [-0.05, 0) is 29.8 Å². The molecule has 0 aliphatic heterocycles. The monoisotopic (exact) mass is 340 g/mol. The lowest BCUT2D eigenvalue weighted by atomic mass is 10.2. The predicted octanol–water partition coefficient (Wildman–Crippen LogP) is 5.21. The highest BCUT2D eigenvalue weighted by molar-refractivity contribution is 9.10. The molecule has 92 valence electrons. The van der Waals surface area contributed by atoms with E-state index in [4.69, 9.17) is 11.6 Å². The van der Waals surface area contributed by atoms with Crippen LogP contribution in [0.5, 0.6) is 0 Å². The molecule has 0 aliphatic carbocycles. The molecule has 0 N–H and O–H groups in total. The first-order valence-corrected chi connectivity index (χ1v) is 7.47. The van der Waals surface area contributed by atoms with Crippen LogP contribution in [0.3, 0.4) is 0 Å². The molecular weight excluding hydrogens is 332 g/mol. The van der Waals surface area contributed by atoms with Gasteiger partial charge in [0.05, 0.1) is 0 Å². The van der Waals surface area contributed by atoms with Crippen molar-refractivity contribution in [2.24, 2.45) is 0 Å². The Kier molecular flexibility index (Phi) is 4.87. The molecule has 0 amide bonds. The van der Waals surface area contributed by atoms with Crippen molar-refractivity contribution in [3.05, 3.63) is 63.1 Å². The van der Waals surface area contributed by atoms with Crippen molar-refractivity contribution in [1.29, 1.82) is 0 Å². The molecule has 2 aromatic rings. The number of rotatable bonds is 4. The summed E-state index contributed by atoms with van der Waals surface area (Å²) in [4.78, 5) is 12.0. The van der Waals surface area contributed by atoms with Crippen LogP contribution in [-0.2, 0) is 5.75 Å². The molecule has 0 unspecified atom stereocenters. The summed E-state index contributed by atoms with van der Waals surface area (Å²) in [7, 11) is 0. The molecule has 0 aliphatic rings. The number of carbonyl (C=O) groups excluding carboxylic acids is 1. The summed E-state index contributed by atoms with van der Waals surface area (Å²) in [6.07, 6.45) is 0.875. The van der Waals surface area contributed by atoms with E-state index in [1.807, 2.05) is 42.5 Å². The van der Waals surface area contributed by atoms with Crippen LogP contribution >= 0.6 is 39.3 Å². The highest BCUT2D eigenvalue weighted by Gasteiger charge is 2.05. The maximum atomic E-state index is 11.0. The third kappa shape index (κ3) is 3.37. The van der Waals surface area contributed by atoms with Crippen molar-refractivity contribution in [2.75, 3.05) is 0 Å². The van der Waals surface area contributed by atoms with E-state index in [1.165, 1.54) is 0 Å². The molecule has 18 heavy (non-hydrogen) atoms. The number of hydrogen-bond donors (Lipinski definition) is 0. The zero-order valence-corrected chi connectivity index (χ0v) is 12.6. The molecule has 0 atom stereocenters. The fourth-order valence-electron chi connectivity index (χ4n) is 1.51. The normalized spacial score (nSPS) is 10.3. The molecule has 1 nitrogen and oxygen atoms in total. The SMILES string of the molecule is O=Cc1cc(Br)ccc1SCc1ccccc1Cl. The lowest BCUT2D eigenvalue weighted by Gasteiger charge is -2.06. The molecule has 0 aromatic heterocycles. The first-order chi connectivity index (χ1) is 8.70. The smallest absolute Gasteiger partial charge is 0.151 e. The Bertz CT molecular complexity index is 571. The summed E-state index contributed by atoms with van der Waals surface area (Å²) in [6.45, 7) is 0. The van der Waals surface area contributed by atoms with Gasteiger partial charge in [0.15, 0.2) is 6.29 Å². The summed E-state index contributed by atoms with van der Waals surface area (Å²) in [5, 5.41) is 0.759. The summed E-state index contributed by atoms with van der Waals surface area (Å²) in [5.74, 6) is 0.752. The first-order valence-electron chi connectivity index (χ1n) is 5.31. The molecule has 0 saturated heterocycles. The van der Waals surface area contributed by atoms with E-state index in [1.54, 1.807) is 11.8 Å². The number of benzene rings is 2. The Balaban J connectivity index is 2.16. The summed E-state index contributed by atoms with van der Waals surface area (Å²) < 4.78 is 0.909. The number of hydrogen-bond acceptors (Lipinski definition) is 2. The van der Waals surface area contributed by atoms with Gasteiger partial charge >= 0.3 is 0 Å². The Morgan fingerprint density at radius 1 is 1.22 bits per heavy atom. The van der Waals surface area contributed by atoms with E-state index in [-0.39, 0.29) is 0 Å². The zero-order valence-electron chi connectivity index (χ0n) is 9.40. The lowest BCUT2D eigenvalue weighted by molar-refractivity contribution is 0.112. The zero-order chi connectivity index (χ0) is 13.0. The minimum atomic E-state index is 0.696. The van der Waals surface area contributed by atoms with Crippen LogP contribution in [-0.4, -0.2) is 6.29 Å². The molecule has 0 fully saturated rings. The van der Waals surface area contributed by atoms with Gasteiger partial charge in [-0.15, -0.1) is 11.8 Å². The minimum absolute atomic E-state index is 0.696. The van der Waals surface area contributed by atoms with Gasteiger partial charge in [-0.3, -0.25) is 4.79 Å². The van der Waals surface area contributed by atoms with Crippen molar-refractivity contribution in [3.8, 4) is 0 Å². The van der Waals surface area contributed by atoms with Gasteiger partial charge in [-0.25, -0.2) is 0 Å². The molecule has 4 heteroatoms. The van der Waals surface area contributed by atoms with E-state index in [0.717, 1.165) is 32.0 Å². The molecule has 0 bridgehead atoms. The molecule has 0 radical (unpaired) electrons. The van der Waals surface area contributed by atoms with Crippen molar-refractivity contribution >= 4 is 45.6 Å². The van der Waals surface area contributed by atoms with Crippen LogP contribution < -0.4 is 0 Å². The second-order valence-corrected chi connectivity index (χ2v) is 6.02. The molecule has 2 aromatic carbocycles. The minimum Gasteiger partial charge on any atom is -0.298 e.